The van der Waals surface area contributed by atoms with Gasteiger partial charge in [0.05, 0.1) is 0 Å². The Labute approximate surface area is 85.1 Å². The molecule has 0 amide bonds. The molecule has 0 aromatic heterocycles. The fourth-order valence-corrected chi connectivity index (χ4v) is 2.10. The lowest BCUT2D eigenvalue weighted by molar-refractivity contribution is 0.463. The van der Waals surface area contributed by atoms with Gasteiger partial charge in [-0.2, -0.15) is 0 Å². The molecular weight excluding hydrogens is 172 g/mol. The topological polar surface area (TPSA) is 20.2 Å². The molecule has 74 valence electrons. The first kappa shape index (κ1) is 9.32. The van der Waals surface area contributed by atoms with Crippen molar-refractivity contribution in [3.05, 3.63) is 41.0 Å². The van der Waals surface area contributed by atoms with E-state index in [-0.39, 0.29) is 0 Å². The van der Waals surface area contributed by atoms with E-state index in [0.29, 0.717) is 5.75 Å². The summed E-state index contributed by atoms with van der Waals surface area (Å²) < 4.78 is 0. The maximum Gasteiger partial charge on any atom is 0.122 e. The second-order valence-electron chi connectivity index (χ2n) is 3.84. The number of benzene rings is 1. The Morgan fingerprint density at radius 2 is 2.21 bits per heavy atom. The molecule has 0 spiro atoms. The van der Waals surface area contributed by atoms with Crippen molar-refractivity contribution in [1.82, 2.24) is 0 Å². The minimum atomic E-state index is 0.540. The van der Waals surface area contributed by atoms with Gasteiger partial charge in [-0.3, -0.25) is 0 Å². The van der Waals surface area contributed by atoms with Gasteiger partial charge in [-0.05, 0) is 49.3 Å². The number of hydrogen-bond donors (Lipinski definition) is 1. The lowest BCUT2D eigenvalue weighted by Gasteiger charge is -2.07. The lowest BCUT2D eigenvalue weighted by atomic mass is 10.0. The summed E-state index contributed by atoms with van der Waals surface area (Å²) in [6, 6.07) is 4.22. The maximum atomic E-state index is 10.0. The van der Waals surface area contributed by atoms with Crippen LogP contribution in [0.4, 0.5) is 0 Å². The van der Waals surface area contributed by atoms with Crippen molar-refractivity contribution in [3.8, 4) is 5.75 Å². The predicted octanol–water partition coefficient (Wildman–Crippen LogP) is 3.00. The Morgan fingerprint density at radius 1 is 1.36 bits per heavy atom. The normalized spacial score (nSPS) is 14.9. The van der Waals surface area contributed by atoms with Crippen molar-refractivity contribution in [2.75, 3.05) is 0 Å². The SMILES string of the molecule is C/C=C/Cc1ccc2c(c1O)CCC2. The van der Waals surface area contributed by atoms with Gasteiger partial charge in [-0.15, -0.1) is 0 Å². The van der Waals surface area contributed by atoms with Crippen LogP contribution in [0.25, 0.3) is 0 Å². The van der Waals surface area contributed by atoms with E-state index >= 15 is 0 Å². The first-order valence-corrected chi connectivity index (χ1v) is 5.26. The minimum absolute atomic E-state index is 0.540. The second-order valence-corrected chi connectivity index (χ2v) is 3.84. The predicted molar refractivity (Wildman–Crippen MR) is 58.6 cm³/mol. The number of rotatable bonds is 2. The van der Waals surface area contributed by atoms with Crippen LogP contribution in [-0.2, 0) is 19.3 Å². The highest BCUT2D eigenvalue weighted by Gasteiger charge is 2.16. The van der Waals surface area contributed by atoms with Crippen LogP contribution in [0, 0.1) is 0 Å². The monoisotopic (exact) mass is 188 g/mol. The molecular formula is C13H16O. The minimum Gasteiger partial charge on any atom is -0.507 e. The molecule has 1 aromatic carbocycles. The number of allylic oxidation sites excluding steroid dienone is 2. The molecule has 1 aliphatic rings. The summed E-state index contributed by atoms with van der Waals surface area (Å²) in [5, 5.41) is 10.0. The average Bonchev–Trinajstić information content (AvgIpc) is 2.66. The van der Waals surface area contributed by atoms with Crippen LogP contribution in [0.1, 0.15) is 30.0 Å². The van der Waals surface area contributed by atoms with Crippen LogP contribution < -0.4 is 0 Å². The molecule has 0 heterocycles. The zero-order chi connectivity index (χ0) is 9.97. The number of phenolic OH excluding ortho intramolecular Hbond substituents is 1. The van der Waals surface area contributed by atoms with Crippen molar-refractivity contribution in [2.45, 2.75) is 32.6 Å². The van der Waals surface area contributed by atoms with Crippen LogP contribution in [0.2, 0.25) is 0 Å². The van der Waals surface area contributed by atoms with Crippen molar-refractivity contribution in [1.29, 1.82) is 0 Å². The van der Waals surface area contributed by atoms with E-state index in [4.69, 9.17) is 0 Å². The van der Waals surface area contributed by atoms with E-state index in [9.17, 15) is 5.11 Å². The Hall–Kier alpha value is -1.24. The molecule has 0 saturated heterocycles. The third-order valence-corrected chi connectivity index (χ3v) is 2.91. The van der Waals surface area contributed by atoms with Gasteiger partial charge in [0.25, 0.3) is 0 Å². The van der Waals surface area contributed by atoms with Crippen molar-refractivity contribution in [3.63, 3.8) is 0 Å². The number of fused-ring (bicyclic) bond motifs is 1. The molecule has 0 bridgehead atoms. The molecule has 0 aliphatic heterocycles. The second kappa shape index (κ2) is 3.87. The molecule has 0 atom stereocenters. The Morgan fingerprint density at radius 3 is 3.00 bits per heavy atom. The molecule has 0 saturated carbocycles. The molecule has 2 rings (SSSR count). The molecule has 1 heteroatoms. The zero-order valence-corrected chi connectivity index (χ0v) is 8.59. The van der Waals surface area contributed by atoms with Gasteiger partial charge in [0.1, 0.15) is 5.75 Å². The Bertz CT molecular complexity index is 364. The van der Waals surface area contributed by atoms with Gasteiger partial charge in [0, 0.05) is 0 Å². The van der Waals surface area contributed by atoms with E-state index in [1.807, 2.05) is 13.0 Å². The van der Waals surface area contributed by atoms with Gasteiger partial charge in [0.2, 0.25) is 0 Å². The van der Waals surface area contributed by atoms with Gasteiger partial charge in [-0.1, -0.05) is 24.3 Å². The summed E-state index contributed by atoms with van der Waals surface area (Å²) in [6.45, 7) is 2.00. The molecule has 0 radical (unpaired) electrons. The molecule has 1 nitrogen and oxygen atoms in total. The molecule has 1 aromatic rings. The quantitative estimate of drug-likeness (QED) is 0.707. The third kappa shape index (κ3) is 1.54. The van der Waals surface area contributed by atoms with E-state index in [2.05, 4.69) is 18.2 Å². The van der Waals surface area contributed by atoms with Crippen molar-refractivity contribution < 1.29 is 5.11 Å². The summed E-state index contributed by atoms with van der Waals surface area (Å²) in [4.78, 5) is 0. The molecule has 1 N–H and O–H groups in total. The van der Waals surface area contributed by atoms with Crippen molar-refractivity contribution >= 4 is 0 Å². The van der Waals surface area contributed by atoms with E-state index in [1.54, 1.807) is 0 Å². The molecule has 14 heavy (non-hydrogen) atoms. The number of phenols is 1. The average molecular weight is 188 g/mol. The standard InChI is InChI=1S/C13H16O/c1-2-3-5-11-9-8-10-6-4-7-12(10)13(11)14/h2-3,8-9,14H,4-7H2,1H3/b3-2+. The summed E-state index contributed by atoms with van der Waals surface area (Å²) >= 11 is 0. The summed E-state index contributed by atoms with van der Waals surface area (Å²) in [5.41, 5.74) is 3.59. The van der Waals surface area contributed by atoms with Crippen LogP contribution >= 0.6 is 0 Å². The Kier molecular flexibility index (Phi) is 2.58. The van der Waals surface area contributed by atoms with Gasteiger partial charge < -0.3 is 5.11 Å². The van der Waals surface area contributed by atoms with E-state index in [1.165, 1.54) is 17.5 Å². The first-order valence-electron chi connectivity index (χ1n) is 5.26. The molecule has 0 unspecified atom stereocenters. The van der Waals surface area contributed by atoms with Gasteiger partial charge in [-0.25, -0.2) is 0 Å². The Balaban J connectivity index is 2.34. The highest BCUT2D eigenvalue weighted by atomic mass is 16.3. The van der Waals surface area contributed by atoms with E-state index in [0.717, 1.165) is 24.8 Å². The summed E-state index contributed by atoms with van der Waals surface area (Å²) in [6.07, 6.45) is 8.31. The molecule has 1 aliphatic carbocycles. The summed E-state index contributed by atoms with van der Waals surface area (Å²) in [7, 11) is 0. The highest BCUT2D eigenvalue weighted by Crippen LogP contribution is 2.33. The first-order chi connectivity index (χ1) is 6.83. The largest absolute Gasteiger partial charge is 0.507 e. The smallest absolute Gasteiger partial charge is 0.122 e. The highest BCUT2D eigenvalue weighted by molar-refractivity contribution is 5.48. The number of aromatic hydroxyl groups is 1. The fraction of sp³-hybridized carbons (Fsp3) is 0.385. The lowest BCUT2D eigenvalue weighted by Crippen LogP contribution is -1.89. The number of hydrogen-bond acceptors (Lipinski definition) is 1. The van der Waals surface area contributed by atoms with E-state index < -0.39 is 0 Å². The summed E-state index contributed by atoms with van der Waals surface area (Å²) in [5.74, 6) is 0.540. The van der Waals surface area contributed by atoms with Crippen LogP contribution in [0.15, 0.2) is 24.3 Å². The zero-order valence-electron chi connectivity index (χ0n) is 8.59. The van der Waals surface area contributed by atoms with Gasteiger partial charge in [0.15, 0.2) is 0 Å². The molecule has 0 fully saturated rings. The van der Waals surface area contributed by atoms with Crippen molar-refractivity contribution in [2.24, 2.45) is 0 Å². The number of aryl methyl sites for hydroxylation is 1. The fourth-order valence-electron chi connectivity index (χ4n) is 2.10. The van der Waals surface area contributed by atoms with Crippen LogP contribution in [0.5, 0.6) is 5.75 Å². The van der Waals surface area contributed by atoms with Crippen LogP contribution in [-0.4, -0.2) is 5.11 Å². The third-order valence-electron chi connectivity index (χ3n) is 2.91. The van der Waals surface area contributed by atoms with Crippen LogP contribution in [0.3, 0.4) is 0 Å². The maximum absolute atomic E-state index is 10.0. The van der Waals surface area contributed by atoms with Gasteiger partial charge >= 0.3 is 0 Å².